The fourth-order valence-electron chi connectivity index (χ4n) is 5.44. The van der Waals surface area contributed by atoms with Crippen LogP contribution in [0.15, 0.2) is 42.5 Å². The minimum absolute atomic E-state index is 0.157. The first-order chi connectivity index (χ1) is 19.1. The van der Waals surface area contributed by atoms with Crippen LogP contribution in [0.1, 0.15) is 57.2 Å². The SMILES string of the molecule is CCCN(CCN1C[C@H](c2ccc3c(c2)OCO3)[C@H](OC(=O)O)[C@H]1c1ccc(OC)cc1)CC(=O)OC(C)(C)C. The summed E-state index contributed by atoms with van der Waals surface area (Å²) in [5.41, 5.74) is 1.28. The van der Waals surface area contributed by atoms with Crippen molar-refractivity contribution in [1.82, 2.24) is 9.80 Å². The quantitative estimate of drug-likeness (QED) is 0.392. The normalized spacial score (nSPS) is 20.5. The van der Waals surface area contributed by atoms with Gasteiger partial charge in [0, 0.05) is 25.6 Å². The number of fused-ring (bicyclic) bond motifs is 1. The van der Waals surface area contributed by atoms with Crippen LogP contribution < -0.4 is 14.2 Å². The number of methoxy groups -OCH3 is 1. The molecule has 0 unspecified atom stereocenters. The van der Waals surface area contributed by atoms with Crippen LogP contribution in [-0.4, -0.2) is 85.4 Å². The molecule has 0 amide bonds. The molecule has 1 saturated heterocycles. The first-order valence-corrected chi connectivity index (χ1v) is 13.7. The van der Waals surface area contributed by atoms with Gasteiger partial charge in [-0.2, -0.15) is 0 Å². The molecule has 0 radical (unpaired) electrons. The molecule has 3 atom stereocenters. The lowest BCUT2D eigenvalue weighted by Crippen LogP contribution is -2.40. The highest BCUT2D eigenvalue weighted by molar-refractivity contribution is 5.72. The van der Waals surface area contributed by atoms with Gasteiger partial charge in [0.15, 0.2) is 11.5 Å². The molecule has 10 heteroatoms. The molecule has 0 aliphatic carbocycles. The molecule has 10 nitrogen and oxygen atoms in total. The minimum atomic E-state index is -1.33. The van der Waals surface area contributed by atoms with Gasteiger partial charge in [0.05, 0.1) is 19.7 Å². The van der Waals surface area contributed by atoms with Crippen molar-refractivity contribution in [2.75, 3.05) is 46.6 Å². The van der Waals surface area contributed by atoms with Crippen LogP contribution in [0.25, 0.3) is 0 Å². The van der Waals surface area contributed by atoms with Crippen molar-refractivity contribution in [3.8, 4) is 17.2 Å². The summed E-state index contributed by atoms with van der Waals surface area (Å²) in [6, 6.07) is 13.0. The summed E-state index contributed by atoms with van der Waals surface area (Å²) < 4.78 is 27.6. The maximum Gasteiger partial charge on any atom is 0.506 e. The number of nitrogens with zero attached hydrogens (tertiary/aromatic N) is 2. The van der Waals surface area contributed by atoms with Gasteiger partial charge in [-0.15, -0.1) is 0 Å². The van der Waals surface area contributed by atoms with Gasteiger partial charge in [0.1, 0.15) is 17.5 Å². The number of esters is 1. The summed E-state index contributed by atoms with van der Waals surface area (Å²) in [6.07, 6.45) is -1.11. The number of ether oxygens (including phenoxy) is 5. The number of carbonyl (C=O) groups excluding carboxylic acids is 1. The maximum atomic E-state index is 12.6. The molecule has 1 N–H and O–H groups in total. The Balaban J connectivity index is 1.62. The molecule has 4 rings (SSSR count). The number of hydrogen-bond acceptors (Lipinski definition) is 9. The Morgan fingerprint density at radius 3 is 2.40 bits per heavy atom. The van der Waals surface area contributed by atoms with Crippen LogP contribution in [-0.2, 0) is 14.3 Å². The van der Waals surface area contributed by atoms with Gasteiger partial charge in [-0.05, 0) is 69.1 Å². The van der Waals surface area contributed by atoms with E-state index in [1.54, 1.807) is 7.11 Å². The largest absolute Gasteiger partial charge is 0.506 e. The Labute approximate surface area is 235 Å². The topological polar surface area (TPSA) is 107 Å². The zero-order chi connectivity index (χ0) is 28.9. The van der Waals surface area contributed by atoms with Gasteiger partial charge in [0.2, 0.25) is 6.79 Å². The second-order valence-corrected chi connectivity index (χ2v) is 11.1. The highest BCUT2D eigenvalue weighted by Gasteiger charge is 2.46. The molecular formula is C30H40N2O8. The van der Waals surface area contributed by atoms with E-state index in [0.29, 0.717) is 36.9 Å². The highest BCUT2D eigenvalue weighted by Crippen LogP contribution is 2.45. The standard InChI is InChI=1S/C30H40N2O8/c1-6-13-31(18-26(33)40-30(2,3)4)14-15-32-17-23(21-9-12-24-25(16-21)38-19-37-24)28(39-29(34)35)27(32)20-7-10-22(36-5)11-8-20/h7-12,16,23,27-28H,6,13-15,17-19H2,1-5H3,(H,34,35)/t23-,27-,28+/m1/s1. The molecule has 218 valence electrons. The molecule has 2 aromatic carbocycles. The van der Waals surface area contributed by atoms with Crippen molar-refractivity contribution in [3.63, 3.8) is 0 Å². The Hall–Kier alpha value is -3.50. The minimum Gasteiger partial charge on any atom is -0.497 e. The highest BCUT2D eigenvalue weighted by atomic mass is 16.7. The van der Waals surface area contributed by atoms with Crippen LogP contribution in [0.2, 0.25) is 0 Å². The van der Waals surface area contributed by atoms with Crippen molar-refractivity contribution in [3.05, 3.63) is 53.6 Å². The molecular weight excluding hydrogens is 516 g/mol. The van der Waals surface area contributed by atoms with Crippen molar-refractivity contribution >= 4 is 12.1 Å². The van der Waals surface area contributed by atoms with E-state index in [9.17, 15) is 14.7 Å². The van der Waals surface area contributed by atoms with E-state index < -0.39 is 17.9 Å². The predicted molar refractivity (Wildman–Crippen MR) is 148 cm³/mol. The van der Waals surface area contributed by atoms with E-state index in [1.165, 1.54) is 0 Å². The zero-order valence-corrected chi connectivity index (χ0v) is 23.9. The van der Waals surface area contributed by atoms with Gasteiger partial charge in [-0.3, -0.25) is 14.6 Å². The summed E-state index contributed by atoms with van der Waals surface area (Å²) in [5, 5.41) is 9.74. The second kappa shape index (κ2) is 12.8. The fourth-order valence-corrected chi connectivity index (χ4v) is 5.44. The lowest BCUT2D eigenvalue weighted by Gasteiger charge is -2.31. The number of rotatable bonds is 11. The Morgan fingerprint density at radius 1 is 1.05 bits per heavy atom. The van der Waals surface area contributed by atoms with Crippen LogP contribution >= 0.6 is 0 Å². The Morgan fingerprint density at radius 2 is 1.75 bits per heavy atom. The molecule has 2 aromatic rings. The van der Waals surface area contributed by atoms with Crippen molar-refractivity contribution in [1.29, 1.82) is 0 Å². The van der Waals surface area contributed by atoms with Crippen molar-refractivity contribution in [2.24, 2.45) is 0 Å². The molecule has 2 aliphatic heterocycles. The zero-order valence-electron chi connectivity index (χ0n) is 23.9. The molecule has 0 spiro atoms. The number of carbonyl (C=O) groups is 2. The summed E-state index contributed by atoms with van der Waals surface area (Å²) >= 11 is 0. The average Bonchev–Trinajstić information content (AvgIpc) is 3.50. The first-order valence-electron chi connectivity index (χ1n) is 13.7. The van der Waals surface area contributed by atoms with Crippen LogP contribution in [0.4, 0.5) is 4.79 Å². The lowest BCUT2D eigenvalue weighted by atomic mass is 9.90. The smallest absolute Gasteiger partial charge is 0.497 e. The third-order valence-corrected chi connectivity index (χ3v) is 7.07. The van der Waals surface area contributed by atoms with Crippen LogP contribution in [0.5, 0.6) is 17.2 Å². The third-order valence-electron chi connectivity index (χ3n) is 7.07. The summed E-state index contributed by atoms with van der Waals surface area (Å²) in [7, 11) is 1.61. The molecule has 0 saturated carbocycles. The van der Waals surface area contributed by atoms with E-state index in [2.05, 4.69) is 16.7 Å². The number of benzene rings is 2. The monoisotopic (exact) mass is 556 g/mol. The third kappa shape index (κ3) is 7.37. The summed E-state index contributed by atoms with van der Waals surface area (Å²) in [4.78, 5) is 28.8. The van der Waals surface area contributed by atoms with Crippen LogP contribution in [0, 0.1) is 0 Å². The summed E-state index contributed by atoms with van der Waals surface area (Å²) in [5.74, 6) is 1.50. The fraction of sp³-hybridized carbons (Fsp3) is 0.533. The van der Waals surface area contributed by atoms with Gasteiger partial charge in [-0.25, -0.2) is 4.79 Å². The van der Waals surface area contributed by atoms with E-state index in [4.69, 9.17) is 23.7 Å². The Bertz CT molecular complexity index is 1160. The van der Waals surface area contributed by atoms with Gasteiger partial charge in [-0.1, -0.05) is 25.1 Å². The summed E-state index contributed by atoms with van der Waals surface area (Å²) in [6.45, 7) is 10.5. The second-order valence-electron chi connectivity index (χ2n) is 11.1. The molecule has 40 heavy (non-hydrogen) atoms. The van der Waals surface area contributed by atoms with Gasteiger partial charge < -0.3 is 28.8 Å². The van der Waals surface area contributed by atoms with E-state index in [1.807, 2.05) is 63.2 Å². The van der Waals surface area contributed by atoms with E-state index >= 15 is 0 Å². The van der Waals surface area contributed by atoms with Crippen molar-refractivity contribution in [2.45, 2.75) is 57.8 Å². The van der Waals surface area contributed by atoms with Gasteiger partial charge >= 0.3 is 12.1 Å². The molecule has 2 aliphatic rings. The molecule has 0 bridgehead atoms. The van der Waals surface area contributed by atoms with Gasteiger partial charge in [0.25, 0.3) is 0 Å². The molecule has 1 fully saturated rings. The average molecular weight is 557 g/mol. The predicted octanol–water partition coefficient (Wildman–Crippen LogP) is 4.68. The maximum absolute atomic E-state index is 12.6. The first kappa shape index (κ1) is 29.5. The van der Waals surface area contributed by atoms with E-state index in [0.717, 1.165) is 24.1 Å². The Kier molecular flexibility index (Phi) is 9.42. The number of carboxylic acid groups (broad SMARTS) is 1. The lowest BCUT2D eigenvalue weighted by molar-refractivity contribution is -0.156. The molecule has 0 aromatic heterocycles. The van der Waals surface area contributed by atoms with E-state index in [-0.39, 0.29) is 31.3 Å². The van der Waals surface area contributed by atoms with Crippen molar-refractivity contribution < 1.29 is 38.4 Å². The van der Waals surface area contributed by atoms with Crippen LogP contribution in [0.3, 0.4) is 0 Å². The number of hydrogen-bond donors (Lipinski definition) is 1. The number of likely N-dealkylation sites (tertiary alicyclic amines) is 1. The molecule has 2 heterocycles.